The largest absolute Gasteiger partial charge is 0.313 e. The molecule has 1 unspecified atom stereocenters. The van der Waals surface area contributed by atoms with Crippen LogP contribution in [0, 0.1) is 5.82 Å². The van der Waals surface area contributed by atoms with Crippen molar-refractivity contribution in [2.45, 2.75) is 17.9 Å². The van der Waals surface area contributed by atoms with Gasteiger partial charge in [-0.15, -0.1) is 0 Å². The molecule has 0 aliphatic carbocycles. The molecule has 0 bridgehead atoms. The Bertz CT molecular complexity index is 732. The van der Waals surface area contributed by atoms with Crippen molar-refractivity contribution in [1.82, 2.24) is 5.32 Å². The molecular weight excluding hydrogens is 291 g/mol. The second-order valence-corrected chi connectivity index (χ2v) is 6.38. The lowest BCUT2D eigenvalue weighted by atomic mass is 10.1. The number of nitrogens with one attached hydrogen (secondary N) is 2. The Morgan fingerprint density at radius 3 is 2.48 bits per heavy atom. The summed E-state index contributed by atoms with van der Waals surface area (Å²) in [5, 5.41) is 3.05. The molecule has 2 aromatic carbocycles. The second-order valence-electron chi connectivity index (χ2n) is 4.70. The van der Waals surface area contributed by atoms with E-state index in [1.807, 2.05) is 13.0 Å². The first-order valence-electron chi connectivity index (χ1n) is 6.48. The molecule has 0 aliphatic heterocycles. The maximum absolute atomic E-state index is 13.1. The van der Waals surface area contributed by atoms with Crippen LogP contribution in [0.5, 0.6) is 0 Å². The average Bonchev–Trinajstić information content (AvgIpc) is 2.46. The SMILES string of the molecule is CNC(C)c1cccc(S(=O)(=O)Nc2cccc(F)c2)c1. The lowest BCUT2D eigenvalue weighted by Gasteiger charge is -2.13. The highest BCUT2D eigenvalue weighted by atomic mass is 32.2. The van der Waals surface area contributed by atoms with Crippen molar-refractivity contribution in [1.29, 1.82) is 0 Å². The molecule has 0 aliphatic rings. The Morgan fingerprint density at radius 2 is 1.81 bits per heavy atom. The predicted molar refractivity (Wildman–Crippen MR) is 81.1 cm³/mol. The number of hydrogen-bond donors (Lipinski definition) is 2. The Hall–Kier alpha value is -1.92. The van der Waals surface area contributed by atoms with E-state index in [2.05, 4.69) is 10.0 Å². The summed E-state index contributed by atoms with van der Waals surface area (Å²) in [7, 11) is -1.94. The third kappa shape index (κ3) is 3.80. The van der Waals surface area contributed by atoms with E-state index in [0.29, 0.717) is 0 Å². The van der Waals surface area contributed by atoms with E-state index in [4.69, 9.17) is 0 Å². The molecule has 0 heterocycles. The minimum absolute atomic E-state index is 0.0364. The molecule has 0 saturated heterocycles. The monoisotopic (exact) mass is 308 g/mol. The number of rotatable bonds is 5. The summed E-state index contributed by atoms with van der Waals surface area (Å²) in [6, 6.07) is 12.0. The molecule has 2 rings (SSSR count). The molecule has 2 N–H and O–H groups in total. The second kappa shape index (κ2) is 6.24. The average molecular weight is 308 g/mol. The maximum Gasteiger partial charge on any atom is 0.261 e. The summed E-state index contributed by atoms with van der Waals surface area (Å²) in [6.45, 7) is 1.94. The Balaban J connectivity index is 2.31. The van der Waals surface area contributed by atoms with E-state index in [0.717, 1.165) is 11.6 Å². The molecule has 0 saturated carbocycles. The summed E-state index contributed by atoms with van der Waals surface area (Å²) in [6.07, 6.45) is 0. The number of sulfonamides is 1. The van der Waals surface area contributed by atoms with E-state index in [1.165, 1.54) is 24.3 Å². The van der Waals surface area contributed by atoms with Crippen LogP contribution >= 0.6 is 0 Å². The van der Waals surface area contributed by atoms with E-state index in [-0.39, 0.29) is 16.6 Å². The van der Waals surface area contributed by atoms with E-state index < -0.39 is 15.8 Å². The van der Waals surface area contributed by atoms with Gasteiger partial charge in [0, 0.05) is 6.04 Å². The van der Waals surface area contributed by atoms with Gasteiger partial charge in [0.05, 0.1) is 10.6 Å². The fourth-order valence-corrected chi connectivity index (χ4v) is 2.99. The van der Waals surface area contributed by atoms with Gasteiger partial charge in [-0.2, -0.15) is 0 Å². The van der Waals surface area contributed by atoms with Gasteiger partial charge in [-0.3, -0.25) is 4.72 Å². The molecule has 0 amide bonds. The first kappa shape index (κ1) is 15.5. The number of hydrogen-bond acceptors (Lipinski definition) is 3. The standard InChI is InChI=1S/C15H17FN2O2S/c1-11(17-2)12-5-3-8-15(9-12)21(19,20)18-14-7-4-6-13(16)10-14/h3-11,17-18H,1-2H3. The normalized spacial score (nSPS) is 12.9. The molecule has 6 heteroatoms. The molecular formula is C15H17FN2O2S. The number of anilines is 1. The van der Waals surface area contributed by atoms with Crippen LogP contribution in [-0.2, 0) is 10.0 Å². The third-order valence-corrected chi connectivity index (χ3v) is 4.56. The molecule has 0 spiro atoms. The van der Waals surface area contributed by atoms with Gasteiger partial charge in [0.2, 0.25) is 0 Å². The smallest absolute Gasteiger partial charge is 0.261 e. The number of benzene rings is 2. The zero-order chi connectivity index (χ0) is 15.5. The highest BCUT2D eigenvalue weighted by molar-refractivity contribution is 7.92. The summed E-state index contributed by atoms with van der Waals surface area (Å²) < 4.78 is 40.1. The third-order valence-electron chi connectivity index (χ3n) is 3.18. The molecule has 1 atom stereocenters. The lowest BCUT2D eigenvalue weighted by molar-refractivity contribution is 0.600. The van der Waals surface area contributed by atoms with Crippen LogP contribution in [0.3, 0.4) is 0 Å². The number of halogens is 1. The van der Waals surface area contributed by atoms with Crippen molar-refractivity contribution in [3.05, 3.63) is 59.9 Å². The van der Waals surface area contributed by atoms with Crippen LogP contribution in [0.25, 0.3) is 0 Å². The van der Waals surface area contributed by atoms with Crippen LogP contribution in [0.4, 0.5) is 10.1 Å². The highest BCUT2D eigenvalue weighted by Gasteiger charge is 2.16. The van der Waals surface area contributed by atoms with Gasteiger partial charge in [-0.05, 0) is 49.9 Å². The zero-order valence-electron chi connectivity index (χ0n) is 11.8. The summed E-state index contributed by atoms with van der Waals surface area (Å²) in [5.74, 6) is -0.493. The Morgan fingerprint density at radius 1 is 1.10 bits per heavy atom. The van der Waals surface area contributed by atoms with E-state index in [9.17, 15) is 12.8 Å². The van der Waals surface area contributed by atoms with E-state index in [1.54, 1.807) is 19.2 Å². The van der Waals surface area contributed by atoms with Crippen molar-refractivity contribution < 1.29 is 12.8 Å². The van der Waals surface area contributed by atoms with Gasteiger partial charge < -0.3 is 5.32 Å². The molecule has 0 aromatic heterocycles. The fourth-order valence-electron chi connectivity index (χ4n) is 1.88. The quantitative estimate of drug-likeness (QED) is 0.893. The van der Waals surface area contributed by atoms with Crippen LogP contribution < -0.4 is 10.0 Å². The van der Waals surface area contributed by atoms with Crippen LogP contribution in [0.1, 0.15) is 18.5 Å². The molecule has 112 valence electrons. The maximum atomic E-state index is 13.1. The Kier molecular flexibility index (Phi) is 4.59. The van der Waals surface area contributed by atoms with Gasteiger partial charge in [0.25, 0.3) is 10.0 Å². The summed E-state index contributed by atoms with van der Waals surface area (Å²) in [5.41, 5.74) is 1.06. The fraction of sp³-hybridized carbons (Fsp3) is 0.200. The van der Waals surface area contributed by atoms with Crippen molar-refractivity contribution in [2.24, 2.45) is 0 Å². The molecule has 21 heavy (non-hydrogen) atoms. The van der Waals surface area contributed by atoms with Gasteiger partial charge in [0.15, 0.2) is 0 Å². The summed E-state index contributed by atoms with van der Waals surface area (Å²) in [4.78, 5) is 0.145. The first-order valence-corrected chi connectivity index (χ1v) is 7.96. The van der Waals surface area contributed by atoms with Crippen molar-refractivity contribution in [3.8, 4) is 0 Å². The highest BCUT2D eigenvalue weighted by Crippen LogP contribution is 2.20. The predicted octanol–water partition coefficient (Wildman–Crippen LogP) is 2.91. The minimum Gasteiger partial charge on any atom is -0.313 e. The zero-order valence-corrected chi connectivity index (χ0v) is 12.6. The molecule has 0 radical (unpaired) electrons. The van der Waals surface area contributed by atoms with Gasteiger partial charge in [0.1, 0.15) is 5.82 Å². The van der Waals surface area contributed by atoms with Crippen LogP contribution in [-0.4, -0.2) is 15.5 Å². The minimum atomic E-state index is -3.74. The molecule has 4 nitrogen and oxygen atoms in total. The molecule has 0 fully saturated rings. The van der Waals surface area contributed by atoms with Gasteiger partial charge in [-0.25, -0.2) is 12.8 Å². The summed E-state index contributed by atoms with van der Waals surface area (Å²) >= 11 is 0. The molecule has 2 aromatic rings. The van der Waals surface area contributed by atoms with Crippen molar-refractivity contribution in [3.63, 3.8) is 0 Å². The lowest BCUT2D eigenvalue weighted by Crippen LogP contribution is -2.16. The Labute approximate surface area is 124 Å². The van der Waals surface area contributed by atoms with Crippen molar-refractivity contribution >= 4 is 15.7 Å². The van der Waals surface area contributed by atoms with Crippen LogP contribution in [0.15, 0.2) is 53.4 Å². The first-order chi connectivity index (χ1) is 9.92. The topological polar surface area (TPSA) is 58.2 Å². The van der Waals surface area contributed by atoms with Crippen LogP contribution in [0.2, 0.25) is 0 Å². The van der Waals surface area contributed by atoms with E-state index >= 15 is 0 Å². The van der Waals surface area contributed by atoms with Crippen molar-refractivity contribution in [2.75, 3.05) is 11.8 Å². The van der Waals surface area contributed by atoms with Gasteiger partial charge >= 0.3 is 0 Å². The van der Waals surface area contributed by atoms with Gasteiger partial charge in [-0.1, -0.05) is 18.2 Å².